The molecule has 0 unspecified atom stereocenters. The molecule has 0 aliphatic carbocycles. The first kappa shape index (κ1) is 22.6. The highest BCUT2D eigenvalue weighted by atomic mass is 35.5. The Morgan fingerprint density at radius 1 is 1.06 bits per heavy atom. The summed E-state index contributed by atoms with van der Waals surface area (Å²) >= 11 is 5.99. The molecular weight excluding hydrogens is 438 g/mol. The van der Waals surface area contributed by atoms with Gasteiger partial charge in [0, 0.05) is 16.8 Å². The van der Waals surface area contributed by atoms with Crippen LogP contribution in [0.2, 0.25) is 5.02 Å². The Kier molecular flexibility index (Phi) is 7.29. The molecule has 0 saturated heterocycles. The van der Waals surface area contributed by atoms with Gasteiger partial charge in [0.2, 0.25) is 0 Å². The predicted molar refractivity (Wildman–Crippen MR) is 116 cm³/mol. The molecule has 32 heavy (non-hydrogen) atoms. The normalized spacial score (nSPS) is 11.1. The fourth-order valence-corrected chi connectivity index (χ4v) is 2.57. The lowest BCUT2D eigenvalue weighted by molar-refractivity contribution is -0.119. The van der Waals surface area contributed by atoms with E-state index in [4.69, 9.17) is 37.4 Å². The molecule has 0 bridgehead atoms. The van der Waals surface area contributed by atoms with Crippen LogP contribution in [-0.4, -0.2) is 34.1 Å². The lowest BCUT2D eigenvalue weighted by Gasteiger charge is -2.07. The number of carbonyl (C=O) groups is 2. The third-order valence-electron chi connectivity index (χ3n) is 4.10. The number of nitrogens with two attached hydrogens (primary N) is 2. The summed E-state index contributed by atoms with van der Waals surface area (Å²) in [7, 11) is 0. The van der Waals surface area contributed by atoms with Crippen LogP contribution in [-0.2, 0) is 16.4 Å². The highest BCUT2D eigenvalue weighted by Gasteiger charge is 2.12. The maximum atomic E-state index is 12.2. The molecule has 0 radical (unpaired) electrons. The summed E-state index contributed by atoms with van der Waals surface area (Å²) in [4.78, 5) is 27.8. The van der Waals surface area contributed by atoms with Gasteiger partial charge in [-0.05, 0) is 61.0 Å². The van der Waals surface area contributed by atoms with Crippen LogP contribution in [0.3, 0.4) is 0 Å². The number of hydrogen-bond donors (Lipinski definition) is 2. The second-order valence-electron chi connectivity index (χ2n) is 6.56. The third-order valence-corrected chi connectivity index (χ3v) is 4.52. The van der Waals surface area contributed by atoms with Gasteiger partial charge in [-0.25, -0.2) is 9.48 Å². The Balaban J connectivity index is 1.54. The second kappa shape index (κ2) is 10.3. The number of rotatable bonds is 9. The number of nitrogens with zero attached hydrogens (tertiary/aromatic N) is 3. The molecule has 1 aromatic heterocycles. The van der Waals surface area contributed by atoms with Crippen LogP contribution < -0.4 is 20.9 Å². The fraction of sp³-hybridized carbons (Fsp3) is 0.143. The largest absolute Gasteiger partial charge is 0.484 e. The van der Waals surface area contributed by atoms with Crippen molar-refractivity contribution in [2.24, 2.45) is 16.6 Å². The molecule has 3 aromatic rings. The van der Waals surface area contributed by atoms with E-state index in [9.17, 15) is 9.59 Å². The van der Waals surface area contributed by atoms with Crippen molar-refractivity contribution in [3.8, 4) is 11.5 Å². The summed E-state index contributed by atoms with van der Waals surface area (Å²) in [6, 6.07) is 13.1. The first-order chi connectivity index (χ1) is 15.3. The van der Waals surface area contributed by atoms with Crippen LogP contribution in [0.5, 0.6) is 11.5 Å². The van der Waals surface area contributed by atoms with Crippen LogP contribution in [0.4, 0.5) is 0 Å². The number of amidine groups is 1. The van der Waals surface area contributed by atoms with Crippen molar-refractivity contribution in [3.05, 3.63) is 76.6 Å². The van der Waals surface area contributed by atoms with Crippen molar-refractivity contribution >= 4 is 29.3 Å². The van der Waals surface area contributed by atoms with E-state index in [0.29, 0.717) is 22.1 Å². The van der Waals surface area contributed by atoms with Gasteiger partial charge in [-0.2, -0.15) is 5.10 Å². The van der Waals surface area contributed by atoms with E-state index in [-0.39, 0.29) is 24.9 Å². The monoisotopic (exact) mass is 457 g/mol. The molecule has 0 saturated carbocycles. The molecule has 0 aliphatic heterocycles. The number of benzene rings is 2. The zero-order chi connectivity index (χ0) is 23.1. The molecule has 166 valence electrons. The lowest BCUT2D eigenvalue weighted by atomic mass is 10.2. The summed E-state index contributed by atoms with van der Waals surface area (Å²) in [6.45, 7) is 1.72. The first-order valence-corrected chi connectivity index (χ1v) is 9.68. The van der Waals surface area contributed by atoms with Gasteiger partial charge in [0.15, 0.2) is 24.9 Å². The summed E-state index contributed by atoms with van der Waals surface area (Å²) < 4.78 is 12.2. The number of oxime groups is 1. The summed E-state index contributed by atoms with van der Waals surface area (Å²) in [5, 5.41) is 8.37. The number of aromatic nitrogens is 2. The topological polar surface area (TPSA) is 144 Å². The van der Waals surface area contributed by atoms with E-state index in [0.717, 1.165) is 5.56 Å². The molecule has 0 fully saturated rings. The van der Waals surface area contributed by atoms with Crippen LogP contribution in [0.1, 0.15) is 21.6 Å². The van der Waals surface area contributed by atoms with Gasteiger partial charge in [0.1, 0.15) is 11.5 Å². The molecule has 3 rings (SSSR count). The lowest BCUT2D eigenvalue weighted by Crippen LogP contribution is -2.20. The molecule has 0 atom stereocenters. The standard InChI is InChI=1S/C21H20ClN5O5/c1-13-10-16(6-7-17(13)22)31-12-27-9-8-18(25-27)21(29)32-26-20(24)14-2-4-15(5-3-14)30-11-19(23)28/h2-10H,11-12H2,1H3,(H2,23,28)(H2,24,26). The SMILES string of the molecule is Cc1cc(OCn2ccc(C(=O)O/N=C(\N)c3ccc(OCC(N)=O)cc3)n2)ccc1Cl. The number of aryl methyl sites for hydroxylation is 1. The highest BCUT2D eigenvalue weighted by Crippen LogP contribution is 2.21. The number of carbonyl (C=O) groups excluding carboxylic acids is 2. The van der Waals surface area contributed by atoms with E-state index < -0.39 is 11.9 Å². The molecule has 2 aromatic carbocycles. The highest BCUT2D eigenvalue weighted by molar-refractivity contribution is 6.31. The fourth-order valence-electron chi connectivity index (χ4n) is 2.46. The van der Waals surface area contributed by atoms with Crippen LogP contribution in [0.25, 0.3) is 0 Å². The van der Waals surface area contributed by atoms with E-state index in [1.807, 2.05) is 6.92 Å². The van der Waals surface area contributed by atoms with Gasteiger partial charge < -0.3 is 25.8 Å². The number of amides is 1. The van der Waals surface area contributed by atoms with E-state index in [2.05, 4.69) is 10.3 Å². The van der Waals surface area contributed by atoms with Crippen LogP contribution in [0, 0.1) is 6.92 Å². The number of halogens is 1. The van der Waals surface area contributed by atoms with Crippen molar-refractivity contribution in [2.45, 2.75) is 13.7 Å². The molecule has 0 aliphatic rings. The van der Waals surface area contributed by atoms with E-state index >= 15 is 0 Å². The molecule has 1 amide bonds. The van der Waals surface area contributed by atoms with Gasteiger partial charge >= 0.3 is 5.97 Å². The quantitative estimate of drug-likeness (QED) is 0.217. The average Bonchev–Trinajstić information content (AvgIpc) is 3.26. The summed E-state index contributed by atoms with van der Waals surface area (Å²) in [5.41, 5.74) is 12.3. The van der Waals surface area contributed by atoms with Crippen LogP contribution >= 0.6 is 11.6 Å². The minimum absolute atomic E-state index is 0.0272. The molecule has 1 heterocycles. The molecule has 0 spiro atoms. The Labute approximate surface area is 188 Å². The van der Waals surface area contributed by atoms with Crippen LogP contribution in [0.15, 0.2) is 59.9 Å². The molecule has 10 nitrogen and oxygen atoms in total. The number of hydrogen-bond acceptors (Lipinski definition) is 7. The van der Waals surface area contributed by atoms with Crippen molar-refractivity contribution < 1.29 is 23.9 Å². The van der Waals surface area contributed by atoms with Crippen molar-refractivity contribution in [3.63, 3.8) is 0 Å². The first-order valence-electron chi connectivity index (χ1n) is 9.30. The van der Waals surface area contributed by atoms with Crippen molar-refractivity contribution in [2.75, 3.05) is 6.61 Å². The average molecular weight is 458 g/mol. The summed E-state index contributed by atoms with van der Waals surface area (Å²) in [6.07, 6.45) is 1.57. The van der Waals surface area contributed by atoms with Gasteiger partial charge in [-0.1, -0.05) is 16.8 Å². The van der Waals surface area contributed by atoms with Gasteiger partial charge in [-0.3, -0.25) is 4.79 Å². The zero-order valence-electron chi connectivity index (χ0n) is 17.0. The van der Waals surface area contributed by atoms with Crippen molar-refractivity contribution in [1.82, 2.24) is 9.78 Å². The minimum atomic E-state index is -0.782. The Bertz CT molecular complexity index is 1140. The number of ether oxygens (including phenoxy) is 2. The Hall–Kier alpha value is -4.05. The predicted octanol–water partition coefficient (Wildman–Crippen LogP) is 2.22. The van der Waals surface area contributed by atoms with E-state index in [1.54, 1.807) is 48.7 Å². The summed E-state index contributed by atoms with van der Waals surface area (Å²) in [5.74, 6) is -0.346. The minimum Gasteiger partial charge on any atom is -0.484 e. The molecule has 4 N–H and O–H groups in total. The third kappa shape index (κ3) is 6.22. The molecular formula is C21H20ClN5O5. The smallest absolute Gasteiger partial charge is 0.385 e. The van der Waals surface area contributed by atoms with Gasteiger partial charge in [0.05, 0.1) is 0 Å². The molecule has 11 heteroatoms. The van der Waals surface area contributed by atoms with Gasteiger partial charge in [0.25, 0.3) is 5.91 Å². The maximum absolute atomic E-state index is 12.2. The van der Waals surface area contributed by atoms with Crippen molar-refractivity contribution in [1.29, 1.82) is 0 Å². The second-order valence-corrected chi connectivity index (χ2v) is 6.97. The zero-order valence-corrected chi connectivity index (χ0v) is 17.8. The Morgan fingerprint density at radius 2 is 1.78 bits per heavy atom. The van der Waals surface area contributed by atoms with E-state index in [1.165, 1.54) is 10.7 Å². The van der Waals surface area contributed by atoms with Gasteiger partial charge in [-0.15, -0.1) is 0 Å². The Morgan fingerprint density at radius 3 is 2.47 bits per heavy atom. The number of primary amides is 1. The maximum Gasteiger partial charge on any atom is 0.385 e.